The number of hydrogen-bond acceptors (Lipinski definition) is 9. The number of carbonyl (C=O) groups excluding carboxylic acids is 1. The molecule has 236 valence electrons. The molecule has 1 saturated heterocycles. The van der Waals surface area contributed by atoms with Crippen LogP contribution in [0.2, 0.25) is 25.7 Å². The monoisotopic (exact) mass is 619 g/mol. The molecule has 3 aromatic heterocycles. The summed E-state index contributed by atoms with van der Waals surface area (Å²) in [4.78, 5) is 16.7. The maximum atomic E-state index is 12.7. The van der Waals surface area contributed by atoms with Crippen LogP contribution in [0.5, 0.6) is 0 Å². The van der Waals surface area contributed by atoms with Gasteiger partial charge in [0, 0.05) is 58.3 Å². The summed E-state index contributed by atoms with van der Waals surface area (Å²) in [5.41, 5.74) is 3.45. The largest absolute Gasteiger partial charge is 0.444 e. The van der Waals surface area contributed by atoms with Gasteiger partial charge in [0.1, 0.15) is 23.4 Å². The first-order valence-electron chi connectivity index (χ1n) is 15.3. The van der Waals surface area contributed by atoms with E-state index in [0.717, 1.165) is 47.2 Å². The van der Waals surface area contributed by atoms with Crippen LogP contribution in [0.3, 0.4) is 0 Å². The Hall–Kier alpha value is -3.84. The maximum Gasteiger partial charge on any atom is 0.410 e. The van der Waals surface area contributed by atoms with Crippen LogP contribution < -0.4 is 4.90 Å². The summed E-state index contributed by atoms with van der Waals surface area (Å²) in [6.07, 6.45) is 5.02. The van der Waals surface area contributed by atoms with E-state index >= 15 is 0 Å². The topological polar surface area (TPSA) is 116 Å². The van der Waals surface area contributed by atoms with E-state index in [4.69, 9.17) is 9.47 Å². The van der Waals surface area contributed by atoms with Crippen molar-refractivity contribution in [2.24, 2.45) is 0 Å². The number of benzene rings is 1. The number of rotatable bonds is 9. The molecule has 1 fully saturated rings. The number of amides is 1. The lowest BCUT2D eigenvalue weighted by Gasteiger charge is -2.41. The van der Waals surface area contributed by atoms with Gasteiger partial charge in [0.25, 0.3) is 0 Å². The number of hydrogen-bond donors (Lipinski definition) is 0. The van der Waals surface area contributed by atoms with E-state index in [1.54, 1.807) is 15.6 Å². The molecule has 5 rings (SSSR count). The van der Waals surface area contributed by atoms with Crippen LogP contribution in [0.1, 0.15) is 40.5 Å². The Morgan fingerprint density at radius 2 is 1.91 bits per heavy atom. The van der Waals surface area contributed by atoms with E-state index in [0.29, 0.717) is 25.4 Å². The SMILES string of the molecule is C[C@@H]1C[C@H](N(C)c2ccc(-c3ccc(-n4cccn4)c4nnn(COCC[Si](C)(C)C)c34)nn2)CCN1C(=O)OC(C)(C)C. The van der Waals surface area contributed by atoms with Gasteiger partial charge >= 0.3 is 6.09 Å². The molecule has 13 heteroatoms. The highest BCUT2D eigenvalue weighted by atomic mass is 28.3. The number of anilines is 1. The third-order valence-corrected chi connectivity index (χ3v) is 9.62. The standard InChI is InChI=1S/C31H45N9O3Si/c1-22-20-23(14-17-38(22)30(41)43-31(2,3)4)37(5)27-13-11-25(33-34-27)24-10-12-26(39-16-9-15-32-39)28-29(24)40(36-35-28)21-42-18-19-44(6,7)8/h9-13,15-16,22-23H,14,17-21H2,1-8H3/t22-,23-/m1/s1. The zero-order chi connectivity index (χ0) is 31.6. The van der Waals surface area contributed by atoms with Crippen molar-refractivity contribution < 1.29 is 14.3 Å². The van der Waals surface area contributed by atoms with Gasteiger partial charge in [0.15, 0.2) is 5.82 Å². The Labute approximate surface area is 260 Å². The zero-order valence-electron chi connectivity index (χ0n) is 27.2. The number of likely N-dealkylation sites (tertiary alicyclic amines) is 1. The predicted molar refractivity (Wildman–Crippen MR) is 174 cm³/mol. The van der Waals surface area contributed by atoms with Crippen molar-refractivity contribution in [3.63, 3.8) is 0 Å². The molecule has 44 heavy (non-hydrogen) atoms. The zero-order valence-corrected chi connectivity index (χ0v) is 28.2. The van der Waals surface area contributed by atoms with E-state index in [9.17, 15) is 4.79 Å². The second kappa shape index (κ2) is 12.6. The quantitative estimate of drug-likeness (QED) is 0.174. The molecule has 0 spiro atoms. The minimum atomic E-state index is -1.22. The molecular formula is C31H45N9O3Si. The molecule has 1 aliphatic heterocycles. The summed E-state index contributed by atoms with van der Waals surface area (Å²) >= 11 is 0. The van der Waals surface area contributed by atoms with E-state index < -0.39 is 13.7 Å². The predicted octanol–water partition coefficient (Wildman–Crippen LogP) is 5.61. The van der Waals surface area contributed by atoms with E-state index in [-0.39, 0.29) is 18.2 Å². The number of piperidine rings is 1. The molecule has 1 aromatic carbocycles. The minimum Gasteiger partial charge on any atom is -0.444 e. The summed E-state index contributed by atoms with van der Waals surface area (Å²) in [7, 11) is 0.822. The third-order valence-electron chi connectivity index (χ3n) is 7.91. The molecule has 1 aliphatic rings. The van der Waals surface area contributed by atoms with Crippen LogP contribution in [0, 0.1) is 0 Å². The summed E-state index contributed by atoms with van der Waals surface area (Å²) in [5.74, 6) is 0.780. The Balaban J connectivity index is 1.35. The van der Waals surface area contributed by atoms with Gasteiger partial charge in [-0.2, -0.15) is 5.10 Å². The first-order chi connectivity index (χ1) is 20.8. The summed E-state index contributed by atoms with van der Waals surface area (Å²) in [5, 5.41) is 22.7. The summed E-state index contributed by atoms with van der Waals surface area (Å²) in [6, 6.07) is 11.2. The fraction of sp³-hybridized carbons (Fsp3) is 0.548. The number of aromatic nitrogens is 7. The molecule has 0 bridgehead atoms. The van der Waals surface area contributed by atoms with Crippen molar-refractivity contribution in [1.82, 2.24) is 39.9 Å². The van der Waals surface area contributed by atoms with Crippen molar-refractivity contribution in [3.05, 3.63) is 42.7 Å². The lowest BCUT2D eigenvalue weighted by Crippen LogP contribution is -2.51. The van der Waals surface area contributed by atoms with Crippen molar-refractivity contribution >= 4 is 31.0 Å². The Morgan fingerprint density at radius 1 is 1.11 bits per heavy atom. The summed E-state index contributed by atoms with van der Waals surface area (Å²) in [6.45, 7) is 16.4. The highest BCUT2D eigenvalue weighted by molar-refractivity contribution is 6.76. The molecule has 0 N–H and O–H groups in total. The normalized spacial score (nSPS) is 17.7. The van der Waals surface area contributed by atoms with Gasteiger partial charge in [0.05, 0.1) is 11.4 Å². The highest BCUT2D eigenvalue weighted by Gasteiger charge is 2.33. The number of carbonyl (C=O) groups is 1. The van der Waals surface area contributed by atoms with Crippen molar-refractivity contribution in [2.45, 2.75) is 90.6 Å². The Bertz CT molecular complexity index is 1560. The van der Waals surface area contributed by atoms with Crippen molar-refractivity contribution in [3.8, 4) is 16.9 Å². The van der Waals surface area contributed by atoms with Gasteiger partial charge in [-0.1, -0.05) is 24.9 Å². The van der Waals surface area contributed by atoms with Gasteiger partial charge in [-0.25, -0.2) is 14.2 Å². The van der Waals surface area contributed by atoms with E-state index in [1.807, 2.05) is 69.2 Å². The first-order valence-corrected chi connectivity index (χ1v) is 19.0. The maximum absolute atomic E-state index is 12.7. The van der Waals surface area contributed by atoms with Gasteiger partial charge in [-0.05, 0) is 76.9 Å². The molecule has 0 saturated carbocycles. The van der Waals surface area contributed by atoms with Gasteiger partial charge in [0.2, 0.25) is 0 Å². The van der Waals surface area contributed by atoms with Crippen LogP contribution in [-0.2, 0) is 16.2 Å². The molecule has 0 radical (unpaired) electrons. The molecule has 0 aliphatic carbocycles. The molecule has 1 amide bonds. The van der Waals surface area contributed by atoms with E-state index in [2.05, 4.69) is 57.1 Å². The second-order valence-electron chi connectivity index (χ2n) is 13.8. The lowest BCUT2D eigenvalue weighted by atomic mass is 9.97. The first kappa shape index (κ1) is 31.6. The molecule has 12 nitrogen and oxygen atoms in total. The average Bonchev–Trinajstić information content (AvgIpc) is 3.64. The van der Waals surface area contributed by atoms with Crippen LogP contribution in [-0.4, -0.2) is 91.9 Å². The van der Waals surface area contributed by atoms with Crippen LogP contribution >= 0.6 is 0 Å². The Kier molecular flexibility index (Phi) is 9.07. The van der Waals surface area contributed by atoms with Crippen molar-refractivity contribution in [1.29, 1.82) is 0 Å². The number of ether oxygens (including phenoxy) is 2. The van der Waals surface area contributed by atoms with E-state index in [1.165, 1.54) is 0 Å². The number of fused-ring (bicyclic) bond motifs is 1. The highest BCUT2D eigenvalue weighted by Crippen LogP contribution is 2.32. The molecule has 4 aromatic rings. The van der Waals surface area contributed by atoms with Gasteiger partial charge in [-0.15, -0.1) is 15.3 Å². The molecule has 2 atom stereocenters. The number of nitrogens with zero attached hydrogens (tertiary/aromatic N) is 9. The molecular weight excluding hydrogens is 574 g/mol. The fourth-order valence-electron chi connectivity index (χ4n) is 5.43. The van der Waals surface area contributed by atoms with Crippen molar-refractivity contribution in [2.75, 3.05) is 25.1 Å². The molecule has 0 unspecified atom stereocenters. The third kappa shape index (κ3) is 7.26. The minimum absolute atomic E-state index is 0.0561. The lowest BCUT2D eigenvalue weighted by molar-refractivity contribution is 0.0104. The second-order valence-corrected chi connectivity index (χ2v) is 19.4. The Morgan fingerprint density at radius 3 is 2.55 bits per heavy atom. The van der Waals surface area contributed by atoms with Gasteiger partial charge in [-0.3, -0.25) is 0 Å². The van der Waals surface area contributed by atoms with Crippen LogP contribution in [0.25, 0.3) is 28.0 Å². The fourth-order valence-corrected chi connectivity index (χ4v) is 6.19. The summed E-state index contributed by atoms with van der Waals surface area (Å²) < 4.78 is 15.3. The van der Waals surface area contributed by atoms with Crippen LogP contribution in [0.15, 0.2) is 42.7 Å². The molecule has 4 heterocycles. The van der Waals surface area contributed by atoms with Crippen LogP contribution in [0.4, 0.5) is 10.6 Å². The average molecular weight is 620 g/mol. The smallest absolute Gasteiger partial charge is 0.410 e. The van der Waals surface area contributed by atoms with Gasteiger partial charge < -0.3 is 19.3 Å².